The Morgan fingerprint density at radius 2 is 2.25 bits per heavy atom. The van der Waals surface area contributed by atoms with Gasteiger partial charge < -0.3 is 5.32 Å². The predicted octanol–water partition coefficient (Wildman–Crippen LogP) is 1.33. The molecule has 0 spiro atoms. The normalized spacial score (nSPS) is 18.9. The van der Waals surface area contributed by atoms with E-state index in [0.29, 0.717) is 12.8 Å². The van der Waals surface area contributed by atoms with Crippen molar-refractivity contribution in [3.05, 3.63) is 12.7 Å². The van der Waals surface area contributed by atoms with Gasteiger partial charge in [-0.2, -0.15) is 0 Å². The molecule has 0 aliphatic heterocycles. The zero-order chi connectivity index (χ0) is 9.19. The Kier molecular flexibility index (Phi) is 2.45. The molecular weight excluding hydrogens is 164 g/mol. The number of nitrogens with one attached hydrogen (secondary N) is 1. The maximum atomic E-state index is 12.3. The molecule has 0 saturated heterocycles. The van der Waals surface area contributed by atoms with Gasteiger partial charge in [0.25, 0.3) is 0 Å². The molecule has 1 N–H and O–H groups in total. The number of carbonyl (C=O) groups excluding carboxylic acids is 1. The number of rotatable bonds is 4. The van der Waals surface area contributed by atoms with Gasteiger partial charge in [0.15, 0.2) is 0 Å². The zero-order valence-electron chi connectivity index (χ0n) is 6.65. The van der Waals surface area contributed by atoms with Crippen molar-refractivity contribution in [1.29, 1.82) is 0 Å². The fourth-order valence-electron chi connectivity index (χ4n) is 0.968. The van der Waals surface area contributed by atoms with Crippen LogP contribution in [-0.2, 0) is 4.79 Å². The number of alkyl halides is 2. The van der Waals surface area contributed by atoms with Gasteiger partial charge in [-0.25, -0.2) is 8.78 Å². The molecule has 12 heavy (non-hydrogen) atoms. The molecule has 1 saturated carbocycles. The topological polar surface area (TPSA) is 29.1 Å². The number of hydrogen-bond acceptors (Lipinski definition) is 1. The second-order valence-corrected chi connectivity index (χ2v) is 3.08. The molecule has 0 bridgehead atoms. The molecule has 0 aromatic rings. The molecule has 1 amide bonds. The highest BCUT2D eigenvalue weighted by Crippen LogP contribution is 2.49. The summed E-state index contributed by atoms with van der Waals surface area (Å²) in [6.45, 7) is 3.29. The van der Waals surface area contributed by atoms with Crippen molar-refractivity contribution >= 4 is 5.91 Å². The van der Waals surface area contributed by atoms with Gasteiger partial charge in [0.05, 0.1) is 0 Å². The second kappa shape index (κ2) is 3.21. The average Bonchev–Trinajstić information content (AvgIpc) is 2.81. The quantitative estimate of drug-likeness (QED) is 0.642. The Morgan fingerprint density at radius 3 is 2.58 bits per heavy atom. The van der Waals surface area contributed by atoms with E-state index in [2.05, 4.69) is 11.9 Å². The van der Waals surface area contributed by atoms with E-state index in [4.69, 9.17) is 0 Å². The first-order valence-electron chi connectivity index (χ1n) is 3.79. The summed E-state index contributed by atoms with van der Waals surface area (Å²) >= 11 is 0. The Morgan fingerprint density at radius 1 is 1.67 bits per heavy atom. The lowest BCUT2D eigenvalue weighted by atomic mass is 10.1. The van der Waals surface area contributed by atoms with Crippen LogP contribution in [0.25, 0.3) is 0 Å². The highest BCUT2D eigenvalue weighted by molar-refractivity contribution is 5.86. The summed E-state index contributed by atoms with van der Waals surface area (Å²) in [6, 6.07) is 0. The van der Waals surface area contributed by atoms with Crippen molar-refractivity contribution in [1.82, 2.24) is 5.32 Å². The maximum absolute atomic E-state index is 12.3. The standard InChI is InChI=1S/C8H11F2NO/c1-2-6(12)11-5-8(3-4-8)7(9)10/h2,7H,1,3-5H2,(H,11,12). The summed E-state index contributed by atoms with van der Waals surface area (Å²) < 4.78 is 24.5. The Hall–Kier alpha value is -0.930. The number of halogens is 2. The Bertz CT molecular complexity index is 199. The van der Waals surface area contributed by atoms with Gasteiger partial charge >= 0.3 is 0 Å². The van der Waals surface area contributed by atoms with Crippen LogP contribution in [0.3, 0.4) is 0 Å². The molecule has 4 heteroatoms. The van der Waals surface area contributed by atoms with E-state index in [9.17, 15) is 13.6 Å². The largest absolute Gasteiger partial charge is 0.352 e. The highest BCUT2D eigenvalue weighted by Gasteiger charge is 2.50. The summed E-state index contributed by atoms with van der Waals surface area (Å²) in [7, 11) is 0. The summed E-state index contributed by atoms with van der Waals surface area (Å²) in [6.07, 6.45) is -0.242. The van der Waals surface area contributed by atoms with Crippen molar-refractivity contribution < 1.29 is 13.6 Å². The minimum absolute atomic E-state index is 0.0650. The maximum Gasteiger partial charge on any atom is 0.245 e. The SMILES string of the molecule is C=CC(=O)NCC1(C(F)F)CC1. The molecule has 0 aromatic carbocycles. The van der Waals surface area contributed by atoms with Crippen molar-refractivity contribution in [2.75, 3.05) is 6.54 Å². The molecule has 0 radical (unpaired) electrons. The van der Waals surface area contributed by atoms with Gasteiger partial charge in [0.1, 0.15) is 0 Å². The van der Waals surface area contributed by atoms with E-state index < -0.39 is 11.8 Å². The molecule has 0 aromatic heterocycles. The van der Waals surface area contributed by atoms with Crippen molar-refractivity contribution in [2.45, 2.75) is 19.3 Å². The lowest BCUT2D eigenvalue weighted by Crippen LogP contribution is -2.32. The van der Waals surface area contributed by atoms with E-state index in [1.807, 2.05) is 0 Å². The fourth-order valence-corrected chi connectivity index (χ4v) is 0.968. The molecule has 68 valence electrons. The van der Waals surface area contributed by atoms with Crippen molar-refractivity contribution in [2.24, 2.45) is 5.41 Å². The lowest BCUT2D eigenvalue weighted by Gasteiger charge is -2.13. The molecule has 2 nitrogen and oxygen atoms in total. The lowest BCUT2D eigenvalue weighted by molar-refractivity contribution is -0.117. The molecule has 1 aliphatic carbocycles. The van der Waals surface area contributed by atoms with Crippen LogP contribution in [0.5, 0.6) is 0 Å². The first kappa shape index (κ1) is 9.16. The second-order valence-electron chi connectivity index (χ2n) is 3.08. The molecule has 1 aliphatic rings. The summed E-state index contributed by atoms with van der Waals surface area (Å²) in [5.41, 5.74) is -0.932. The third-order valence-electron chi connectivity index (χ3n) is 2.16. The molecule has 0 atom stereocenters. The first-order valence-corrected chi connectivity index (χ1v) is 3.79. The molecular formula is C8H11F2NO. The minimum Gasteiger partial charge on any atom is -0.352 e. The van der Waals surface area contributed by atoms with E-state index in [1.54, 1.807) is 0 Å². The van der Waals surface area contributed by atoms with Crippen molar-refractivity contribution in [3.63, 3.8) is 0 Å². The number of amides is 1. The van der Waals surface area contributed by atoms with E-state index in [-0.39, 0.29) is 12.5 Å². The van der Waals surface area contributed by atoms with E-state index >= 15 is 0 Å². The van der Waals surface area contributed by atoms with Gasteiger partial charge in [-0.05, 0) is 18.9 Å². The highest BCUT2D eigenvalue weighted by atomic mass is 19.3. The smallest absolute Gasteiger partial charge is 0.245 e. The van der Waals surface area contributed by atoms with Crippen LogP contribution in [0.15, 0.2) is 12.7 Å². The van der Waals surface area contributed by atoms with Crippen LogP contribution in [0.2, 0.25) is 0 Å². The van der Waals surface area contributed by atoms with Gasteiger partial charge in [0, 0.05) is 12.0 Å². The van der Waals surface area contributed by atoms with E-state index in [1.165, 1.54) is 0 Å². The summed E-state index contributed by atoms with van der Waals surface area (Å²) in [5, 5.41) is 2.38. The first-order chi connectivity index (χ1) is 5.60. The van der Waals surface area contributed by atoms with Crippen LogP contribution in [0, 0.1) is 5.41 Å². The fraction of sp³-hybridized carbons (Fsp3) is 0.625. The minimum atomic E-state index is -2.33. The van der Waals surface area contributed by atoms with Crippen LogP contribution in [0.4, 0.5) is 8.78 Å². The summed E-state index contributed by atoms with van der Waals surface area (Å²) in [5.74, 6) is -0.387. The van der Waals surface area contributed by atoms with Crippen molar-refractivity contribution in [3.8, 4) is 0 Å². The number of hydrogen-bond donors (Lipinski definition) is 1. The number of carbonyl (C=O) groups is 1. The predicted molar refractivity (Wildman–Crippen MR) is 40.9 cm³/mol. The van der Waals surface area contributed by atoms with Crippen LogP contribution >= 0.6 is 0 Å². The summed E-state index contributed by atoms with van der Waals surface area (Å²) in [4.78, 5) is 10.6. The average molecular weight is 175 g/mol. The zero-order valence-corrected chi connectivity index (χ0v) is 6.65. The Labute approximate surface area is 69.6 Å². The monoisotopic (exact) mass is 175 g/mol. The van der Waals surface area contributed by atoms with Gasteiger partial charge in [-0.3, -0.25) is 4.79 Å². The van der Waals surface area contributed by atoms with Crippen LogP contribution < -0.4 is 5.32 Å². The third kappa shape index (κ3) is 1.81. The van der Waals surface area contributed by atoms with E-state index in [0.717, 1.165) is 6.08 Å². The van der Waals surface area contributed by atoms with Gasteiger partial charge in [-0.15, -0.1) is 0 Å². The molecule has 1 rings (SSSR count). The third-order valence-corrected chi connectivity index (χ3v) is 2.16. The van der Waals surface area contributed by atoms with Crippen LogP contribution in [-0.4, -0.2) is 18.9 Å². The Balaban J connectivity index is 2.32. The molecule has 0 unspecified atom stereocenters. The molecule has 0 heterocycles. The van der Waals surface area contributed by atoms with Crippen LogP contribution in [0.1, 0.15) is 12.8 Å². The van der Waals surface area contributed by atoms with Gasteiger partial charge in [-0.1, -0.05) is 6.58 Å². The molecule has 1 fully saturated rings. The van der Waals surface area contributed by atoms with Gasteiger partial charge in [0.2, 0.25) is 12.3 Å².